The van der Waals surface area contributed by atoms with Crippen LogP contribution >= 0.6 is 0 Å². The molecule has 0 bridgehead atoms. The van der Waals surface area contributed by atoms with Crippen molar-refractivity contribution in [1.82, 2.24) is 0 Å². The van der Waals surface area contributed by atoms with Gasteiger partial charge in [0.25, 0.3) is 0 Å². The first-order chi connectivity index (χ1) is 4.83. The average molecular weight is 294 g/mol. The summed E-state index contributed by atoms with van der Waals surface area (Å²) < 4.78 is 38.1. The summed E-state index contributed by atoms with van der Waals surface area (Å²) in [5.41, 5.74) is -0.470. The van der Waals surface area contributed by atoms with E-state index < -0.39 is 33.7 Å². The molecular weight excluding hydrogens is 282 g/mol. The van der Waals surface area contributed by atoms with Crippen LogP contribution in [0.3, 0.4) is 0 Å². The van der Waals surface area contributed by atoms with Crippen LogP contribution in [-0.2, 0) is 7.67 Å². The molecule has 0 aliphatic heterocycles. The normalized spacial score (nSPS) is 17.8. The Labute approximate surface area is 74.4 Å². The monoisotopic (exact) mass is 296 g/mol. The molecule has 11 heavy (non-hydrogen) atoms. The molecule has 0 aliphatic rings. The molecule has 2 unspecified atom stereocenters. The molecule has 2 atom stereocenters. The van der Waals surface area contributed by atoms with E-state index in [-0.39, 0.29) is 10.6 Å². The van der Waals surface area contributed by atoms with Crippen molar-refractivity contribution in [2.75, 3.05) is 0 Å². The SMILES string of the molecule is CC(C)(C[Se](=O)O)C[Se](=O)O. The van der Waals surface area contributed by atoms with Crippen LogP contribution in [0.1, 0.15) is 13.8 Å². The van der Waals surface area contributed by atoms with Crippen LogP contribution in [0.4, 0.5) is 0 Å². The predicted octanol–water partition coefficient (Wildman–Crippen LogP) is -0.165. The summed E-state index contributed by atoms with van der Waals surface area (Å²) in [5, 5.41) is 0.297. The summed E-state index contributed by atoms with van der Waals surface area (Å²) >= 11 is -5.43. The van der Waals surface area contributed by atoms with E-state index in [1.807, 2.05) is 0 Å². The molecule has 4 nitrogen and oxygen atoms in total. The maximum absolute atomic E-state index is 10.4. The Bertz CT molecular complexity index is 159. The second-order valence-electron chi connectivity index (χ2n) is 3.10. The first kappa shape index (κ1) is 11.6. The molecule has 68 valence electrons. The van der Waals surface area contributed by atoms with Crippen molar-refractivity contribution in [3.63, 3.8) is 0 Å². The summed E-state index contributed by atoms with van der Waals surface area (Å²) in [6.07, 6.45) is 0. The Morgan fingerprint density at radius 1 is 1.09 bits per heavy atom. The van der Waals surface area contributed by atoms with E-state index in [0.29, 0.717) is 0 Å². The quantitative estimate of drug-likeness (QED) is 0.706. The van der Waals surface area contributed by atoms with E-state index in [1.54, 1.807) is 13.8 Å². The average Bonchev–Trinajstić information content (AvgIpc) is 1.53. The Hall–Kier alpha value is 0.559. The molecule has 0 spiro atoms. The van der Waals surface area contributed by atoms with E-state index in [9.17, 15) is 7.67 Å². The molecule has 0 saturated carbocycles. The van der Waals surface area contributed by atoms with Gasteiger partial charge in [0.05, 0.1) is 0 Å². The molecule has 0 fully saturated rings. The fourth-order valence-corrected chi connectivity index (χ4v) is 4.60. The molecule has 0 aliphatic carbocycles. The van der Waals surface area contributed by atoms with Gasteiger partial charge < -0.3 is 0 Å². The summed E-state index contributed by atoms with van der Waals surface area (Å²) in [5.74, 6) is 0. The molecule has 0 rings (SSSR count). The zero-order chi connectivity index (χ0) is 9.07. The first-order valence-corrected chi connectivity index (χ1v) is 8.34. The summed E-state index contributed by atoms with van der Waals surface area (Å²) in [6, 6.07) is 0. The number of rotatable bonds is 4. The molecule has 0 aromatic rings. The molecule has 0 heterocycles. The van der Waals surface area contributed by atoms with Gasteiger partial charge in [-0.25, -0.2) is 0 Å². The van der Waals surface area contributed by atoms with Gasteiger partial charge in [-0.2, -0.15) is 0 Å². The van der Waals surface area contributed by atoms with E-state index >= 15 is 0 Å². The zero-order valence-electron chi connectivity index (χ0n) is 6.44. The van der Waals surface area contributed by atoms with Crippen LogP contribution in [0.25, 0.3) is 0 Å². The standard InChI is InChI=1S/C5H12O4Se2/c1-5(2,3-10(6)7)4-11(8)9/h3-4H2,1-2H3,(H,6,7)(H,8,9). The van der Waals surface area contributed by atoms with E-state index in [1.165, 1.54) is 0 Å². The Morgan fingerprint density at radius 2 is 1.36 bits per heavy atom. The van der Waals surface area contributed by atoms with Crippen molar-refractivity contribution < 1.29 is 16.0 Å². The van der Waals surface area contributed by atoms with Gasteiger partial charge in [0.2, 0.25) is 0 Å². The summed E-state index contributed by atoms with van der Waals surface area (Å²) in [7, 11) is 0. The molecule has 0 aromatic carbocycles. The van der Waals surface area contributed by atoms with Gasteiger partial charge in [0, 0.05) is 0 Å². The Kier molecular flexibility index (Phi) is 4.78. The van der Waals surface area contributed by atoms with Crippen molar-refractivity contribution in [3.05, 3.63) is 0 Å². The van der Waals surface area contributed by atoms with Gasteiger partial charge in [-0.3, -0.25) is 0 Å². The van der Waals surface area contributed by atoms with Crippen molar-refractivity contribution in [1.29, 1.82) is 0 Å². The first-order valence-electron chi connectivity index (χ1n) is 2.98. The Balaban J connectivity index is 3.99. The summed E-state index contributed by atoms with van der Waals surface area (Å²) in [6.45, 7) is 3.45. The van der Waals surface area contributed by atoms with Crippen molar-refractivity contribution in [2.24, 2.45) is 5.41 Å². The van der Waals surface area contributed by atoms with Crippen molar-refractivity contribution in [2.45, 2.75) is 24.5 Å². The Morgan fingerprint density at radius 3 is 1.55 bits per heavy atom. The third-order valence-corrected chi connectivity index (χ3v) is 5.34. The zero-order valence-corrected chi connectivity index (χ0v) is 9.87. The molecule has 2 N–H and O–H groups in total. The molecule has 0 amide bonds. The van der Waals surface area contributed by atoms with Crippen LogP contribution in [0.2, 0.25) is 10.6 Å². The van der Waals surface area contributed by atoms with Gasteiger partial charge >= 0.3 is 74.3 Å². The van der Waals surface area contributed by atoms with Gasteiger partial charge in [-0.05, 0) is 0 Å². The molecular formula is C5H12O4Se2. The predicted molar refractivity (Wildman–Crippen MR) is 40.7 cm³/mol. The van der Waals surface area contributed by atoms with Crippen LogP contribution in [0.15, 0.2) is 0 Å². The molecule has 6 heteroatoms. The minimum absolute atomic E-state index is 0.149. The number of hydrogen-bond acceptors (Lipinski definition) is 2. The van der Waals surface area contributed by atoms with Crippen LogP contribution < -0.4 is 0 Å². The third kappa shape index (κ3) is 6.94. The van der Waals surface area contributed by atoms with Crippen molar-refractivity contribution >= 4 is 28.3 Å². The summed E-state index contributed by atoms with van der Waals surface area (Å²) in [4.78, 5) is 0. The molecule has 0 radical (unpaired) electrons. The van der Waals surface area contributed by atoms with Gasteiger partial charge in [-0.15, -0.1) is 0 Å². The van der Waals surface area contributed by atoms with Crippen LogP contribution in [0, 0.1) is 5.41 Å². The van der Waals surface area contributed by atoms with Crippen molar-refractivity contribution in [3.8, 4) is 0 Å². The van der Waals surface area contributed by atoms with E-state index in [2.05, 4.69) is 0 Å². The number of hydrogen-bond donors (Lipinski definition) is 2. The maximum atomic E-state index is 10.4. The van der Waals surface area contributed by atoms with Gasteiger partial charge in [0.1, 0.15) is 0 Å². The fourth-order valence-electron chi connectivity index (χ4n) is 0.710. The van der Waals surface area contributed by atoms with Crippen LogP contribution in [0.5, 0.6) is 0 Å². The second kappa shape index (κ2) is 4.55. The molecule has 0 aromatic heterocycles. The topological polar surface area (TPSA) is 74.6 Å². The van der Waals surface area contributed by atoms with Gasteiger partial charge in [-0.1, -0.05) is 0 Å². The molecule has 0 saturated heterocycles. The second-order valence-corrected chi connectivity index (χ2v) is 7.01. The van der Waals surface area contributed by atoms with Gasteiger partial charge in [0.15, 0.2) is 0 Å². The van der Waals surface area contributed by atoms with E-state index in [0.717, 1.165) is 0 Å². The third-order valence-electron chi connectivity index (χ3n) is 1.03. The van der Waals surface area contributed by atoms with E-state index in [4.69, 9.17) is 8.38 Å². The van der Waals surface area contributed by atoms with Crippen LogP contribution in [-0.4, -0.2) is 36.7 Å². The minimum atomic E-state index is -2.72. The fraction of sp³-hybridized carbons (Fsp3) is 1.00.